The number of hydrogen-bond acceptors (Lipinski definition) is 4. The molecular formula is C25H20FN3O3. The molecule has 3 aromatic carbocycles. The highest BCUT2D eigenvalue weighted by Gasteiger charge is 2.18. The zero-order valence-electron chi connectivity index (χ0n) is 17.5. The molecule has 0 bridgehead atoms. The average molecular weight is 429 g/mol. The molecule has 2 amide bonds. The van der Waals surface area contributed by atoms with Crippen LogP contribution in [-0.2, 0) is 4.79 Å². The van der Waals surface area contributed by atoms with Gasteiger partial charge in [-0.15, -0.1) is 0 Å². The van der Waals surface area contributed by atoms with Crippen molar-refractivity contribution in [1.82, 2.24) is 4.98 Å². The smallest absolute Gasteiger partial charge is 0.256 e. The Labute approximate surface area is 184 Å². The van der Waals surface area contributed by atoms with Gasteiger partial charge in [0.1, 0.15) is 5.82 Å². The lowest BCUT2D eigenvalue weighted by atomic mass is 10.1. The summed E-state index contributed by atoms with van der Waals surface area (Å²) in [5.41, 5.74) is 3.12. The average Bonchev–Trinajstić information content (AvgIpc) is 3.26. The molecule has 1 aromatic heterocycles. The zero-order valence-corrected chi connectivity index (χ0v) is 17.5. The first-order chi connectivity index (χ1) is 15.4. The van der Waals surface area contributed by atoms with E-state index >= 15 is 0 Å². The van der Waals surface area contributed by atoms with Crippen LogP contribution in [0, 0.1) is 12.7 Å². The van der Waals surface area contributed by atoms with Crippen LogP contribution in [0.5, 0.6) is 0 Å². The largest absolute Gasteiger partial charge is 0.436 e. The van der Waals surface area contributed by atoms with Crippen LogP contribution in [0.3, 0.4) is 0 Å². The Morgan fingerprint density at radius 3 is 2.41 bits per heavy atom. The SMILES string of the molecule is CC(=O)Nc1cc(NC(=O)c2ccccc2-c2ncc(-c3ccccc3F)o2)ccc1C. The van der Waals surface area contributed by atoms with Crippen molar-refractivity contribution in [1.29, 1.82) is 0 Å². The number of halogens is 1. The molecule has 0 aliphatic rings. The van der Waals surface area contributed by atoms with Gasteiger partial charge in [0.25, 0.3) is 5.91 Å². The maximum absolute atomic E-state index is 14.1. The maximum Gasteiger partial charge on any atom is 0.256 e. The van der Waals surface area contributed by atoms with Crippen molar-refractivity contribution in [2.45, 2.75) is 13.8 Å². The van der Waals surface area contributed by atoms with Gasteiger partial charge in [-0.05, 0) is 48.9 Å². The summed E-state index contributed by atoms with van der Waals surface area (Å²) in [5, 5.41) is 5.58. The van der Waals surface area contributed by atoms with E-state index in [1.54, 1.807) is 54.6 Å². The third-order valence-electron chi connectivity index (χ3n) is 4.85. The normalized spacial score (nSPS) is 10.6. The fourth-order valence-electron chi connectivity index (χ4n) is 3.27. The van der Waals surface area contributed by atoms with Gasteiger partial charge in [0.2, 0.25) is 11.8 Å². The molecule has 0 fully saturated rings. The van der Waals surface area contributed by atoms with Crippen molar-refractivity contribution in [2.24, 2.45) is 0 Å². The Hall–Kier alpha value is -4.26. The van der Waals surface area contributed by atoms with E-state index < -0.39 is 5.82 Å². The number of nitrogens with zero attached hydrogens (tertiary/aromatic N) is 1. The number of rotatable bonds is 5. The van der Waals surface area contributed by atoms with Gasteiger partial charge in [-0.25, -0.2) is 9.37 Å². The number of benzene rings is 3. The first-order valence-electron chi connectivity index (χ1n) is 9.92. The standard InChI is InChI=1S/C25H20FN3O3/c1-15-11-12-17(13-22(15)28-16(2)30)29-24(31)18-7-3-4-8-19(18)25-27-14-23(32-25)20-9-5-6-10-21(20)26/h3-14H,1-2H3,(H,28,30)(H,29,31). The molecule has 4 aromatic rings. The quantitative estimate of drug-likeness (QED) is 0.428. The summed E-state index contributed by atoms with van der Waals surface area (Å²) in [5.74, 6) is -0.514. The number of nitrogens with one attached hydrogen (secondary N) is 2. The summed E-state index contributed by atoms with van der Waals surface area (Å²) in [4.78, 5) is 28.7. The summed E-state index contributed by atoms with van der Waals surface area (Å²) < 4.78 is 19.9. The topological polar surface area (TPSA) is 84.2 Å². The minimum Gasteiger partial charge on any atom is -0.436 e. The van der Waals surface area contributed by atoms with Crippen molar-refractivity contribution in [3.05, 3.63) is 89.9 Å². The van der Waals surface area contributed by atoms with Crippen molar-refractivity contribution in [2.75, 3.05) is 10.6 Å². The monoisotopic (exact) mass is 429 g/mol. The predicted molar refractivity (Wildman–Crippen MR) is 121 cm³/mol. The van der Waals surface area contributed by atoms with E-state index in [2.05, 4.69) is 15.6 Å². The van der Waals surface area contributed by atoms with Crippen molar-refractivity contribution in [3.8, 4) is 22.8 Å². The molecule has 1 heterocycles. The first-order valence-corrected chi connectivity index (χ1v) is 9.92. The lowest BCUT2D eigenvalue weighted by Gasteiger charge is -2.12. The molecule has 0 aliphatic carbocycles. The van der Waals surface area contributed by atoms with E-state index in [-0.39, 0.29) is 23.5 Å². The number of carbonyl (C=O) groups excluding carboxylic acids is 2. The molecule has 32 heavy (non-hydrogen) atoms. The summed E-state index contributed by atoms with van der Waals surface area (Å²) in [7, 11) is 0. The molecule has 0 unspecified atom stereocenters. The molecule has 6 nitrogen and oxygen atoms in total. The second-order valence-electron chi connectivity index (χ2n) is 7.22. The van der Waals surface area contributed by atoms with E-state index in [4.69, 9.17) is 4.42 Å². The number of hydrogen-bond donors (Lipinski definition) is 2. The van der Waals surface area contributed by atoms with E-state index in [1.807, 2.05) is 13.0 Å². The third-order valence-corrected chi connectivity index (χ3v) is 4.85. The Bertz CT molecular complexity index is 1310. The highest BCUT2D eigenvalue weighted by atomic mass is 19.1. The molecule has 2 N–H and O–H groups in total. The van der Waals surface area contributed by atoms with Crippen molar-refractivity contribution >= 4 is 23.2 Å². The highest BCUT2D eigenvalue weighted by Crippen LogP contribution is 2.30. The molecule has 0 spiro atoms. The molecule has 4 rings (SSSR count). The fourth-order valence-corrected chi connectivity index (χ4v) is 3.27. The van der Waals surface area contributed by atoms with Gasteiger partial charge in [0.05, 0.1) is 17.3 Å². The second-order valence-corrected chi connectivity index (χ2v) is 7.22. The van der Waals surface area contributed by atoms with Crippen LogP contribution < -0.4 is 10.6 Å². The van der Waals surface area contributed by atoms with Gasteiger partial charge in [-0.3, -0.25) is 9.59 Å². The lowest BCUT2D eigenvalue weighted by Crippen LogP contribution is -2.14. The molecule has 0 saturated carbocycles. The molecule has 0 aliphatic heterocycles. The second kappa shape index (κ2) is 8.85. The first kappa shape index (κ1) is 21.0. The number of oxazole rings is 1. The van der Waals surface area contributed by atoms with Crippen LogP contribution in [0.15, 0.2) is 77.3 Å². The molecule has 0 atom stereocenters. The van der Waals surface area contributed by atoms with Gasteiger partial charge < -0.3 is 15.1 Å². The number of aromatic nitrogens is 1. The molecule has 0 saturated heterocycles. The Morgan fingerprint density at radius 1 is 0.938 bits per heavy atom. The third kappa shape index (κ3) is 4.41. The molecular weight excluding hydrogens is 409 g/mol. The summed E-state index contributed by atoms with van der Waals surface area (Å²) in [6.45, 7) is 3.29. The number of amides is 2. The van der Waals surface area contributed by atoms with Crippen molar-refractivity contribution in [3.63, 3.8) is 0 Å². The van der Waals surface area contributed by atoms with E-state index in [9.17, 15) is 14.0 Å². The Kier molecular flexibility index (Phi) is 5.81. The van der Waals surface area contributed by atoms with Gasteiger partial charge in [0, 0.05) is 23.9 Å². The Balaban J connectivity index is 1.63. The van der Waals surface area contributed by atoms with Gasteiger partial charge >= 0.3 is 0 Å². The molecule has 160 valence electrons. The predicted octanol–water partition coefficient (Wildman–Crippen LogP) is 5.67. The van der Waals surface area contributed by atoms with Gasteiger partial charge in [0.15, 0.2) is 5.76 Å². The van der Waals surface area contributed by atoms with E-state index in [0.29, 0.717) is 28.1 Å². The molecule has 0 radical (unpaired) electrons. The zero-order chi connectivity index (χ0) is 22.7. The van der Waals surface area contributed by atoms with E-state index in [0.717, 1.165) is 5.56 Å². The van der Waals surface area contributed by atoms with Crippen molar-refractivity contribution < 1.29 is 18.4 Å². The van der Waals surface area contributed by atoms with Crippen LogP contribution in [0.4, 0.5) is 15.8 Å². The highest BCUT2D eigenvalue weighted by molar-refractivity contribution is 6.08. The number of carbonyl (C=O) groups is 2. The maximum atomic E-state index is 14.1. The van der Waals surface area contributed by atoms with Gasteiger partial charge in [-0.2, -0.15) is 0 Å². The Morgan fingerprint density at radius 2 is 1.66 bits per heavy atom. The van der Waals surface area contributed by atoms with E-state index in [1.165, 1.54) is 19.2 Å². The molecule has 7 heteroatoms. The summed E-state index contributed by atoms with van der Waals surface area (Å²) in [6.07, 6.45) is 1.43. The van der Waals surface area contributed by atoms with Crippen LogP contribution in [0.2, 0.25) is 0 Å². The lowest BCUT2D eigenvalue weighted by molar-refractivity contribution is -0.114. The minimum atomic E-state index is -0.421. The summed E-state index contributed by atoms with van der Waals surface area (Å²) >= 11 is 0. The van der Waals surface area contributed by atoms with Crippen LogP contribution in [0.1, 0.15) is 22.8 Å². The minimum absolute atomic E-state index is 0.198. The number of aryl methyl sites for hydroxylation is 1. The van der Waals surface area contributed by atoms with Crippen LogP contribution in [0.25, 0.3) is 22.8 Å². The number of anilines is 2. The summed E-state index contributed by atoms with van der Waals surface area (Å²) in [6, 6.07) is 18.4. The van der Waals surface area contributed by atoms with Crippen LogP contribution >= 0.6 is 0 Å². The fraction of sp³-hybridized carbons (Fsp3) is 0.0800. The van der Waals surface area contributed by atoms with Crippen LogP contribution in [-0.4, -0.2) is 16.8 Å². The van der Waals surface area contributed by atoms with Gasteiger partial charge in [-0.1, -0.05) is 30.3 Å².